The summed E-state index contributed by atoms with van der Waals surface area (Å²) in [4.78, 5) is 18.4. The molecule has 0 atom stereocenters. The molecule has 1 N–H and O–H groups in total. The van der Waals surface area contributed by atoms with Gasteiger partial charge in [-0.25, -0.2) is 9.37 Å². The number of nitrogens with one attached hydrogen (secondary N) is 1. The second kappa shape index (κ2) is 7.19. The maximum Gasteiger partial charge on any atom is 0.276 e. The van der Waals surface area contributed by atoms with E-state index in [0.29, 0.717) is 23.0 Å². The third-order valence-corrected chi connectivity index (χ3v) is 4.83. The molecule has 0 bridgehead atoms. The molecule has 7 heteroatoms. The van der Waals surface area contributed by atoms with Crippen LogP contribution in [0.5, 0.6) is 0 Å². The number of amides is 1. The van der Waals surface area contributed by atoms with E-state index in [1.807, 2.05) is 5.38 Å². The van der Waals surface area contributed by atoms with Gasteiger partial charge >= 0.3 is 0 Å². The number of rotatable bonds is 5. The zero-order chi connectivity index (χ0) is 17.1. The Morgan fingerprint density at radius 2 is 2.12 bits per heavy atom. The van der Waals surface area contributed by atoms with Crippen molar-refractivity contribution in [3.8, 4) is 10.6 Å². The van der Waals surface area contributed by atoms with Crippen LogP contribution < -0.4 is 5.32 Å². The minimum absolute atomic E-state index is 0.121. The second-order valence-electron chi connectivity index (χ2n) is 5.38. The van der Waals surface area contributed by atoms with Crippen molar-refractivity contribution in [3.63, 3.8) is 0 Å². The van der Waals surface area contributed by atoms with Crippen LogP contribution in [0.25, 0.3) is 16.6 Å². The van der Waals surface area contributed by atoms with Gasteiger partial charge in [0.25, 0.3) is 5.91 Å². The van der Waals surface area contributed by atoms with Crippen LogP contribution in [0, 0.1) is 5.82 Å². The molecule has 1 fully saturated rings. The lowest BCUT2D eigenvalue weighted by Crippen LogP contribution is -2.31. The molecular weight excluding hydrogens is 345 g/mol. The summed E-state index contributed by atoms with van der Waals surface area (Å²) < 4.78 is 13.0. The molecular formula is C17H16FN3OS2. The van der Waals surface area contributed by atoms with Gasteiger partial charge in [-0.2, -0.15) is 0 Å². The first-order valence-corrected chi connectivity index (χ1v) is 8.93. The Balaban J connectivity index is 1.78. The number of hydrogen-bond acceptors (Lipinski definition) is 4. The summed E-state index contributed by atoms with van der Waals surface area (Å²) >= 11 is 6.66. The van der Waals surface area contributed by atoms with Crippen LogP contribution >= 0.6 is 23.6 Å². The third kappa shape index (κ3) is 3.52. The highest BCUT2D eigenvalue weighted by atomic mass is 32.1. The largest absolute Gasteiger partial charge is 0.328 e. The van der Waals surface area contributed by atoms with Gasteiger partial charge in [0.05, 0.1) is 5.69 Å². The third-order valence-electron chi connectivity index (χ3n) is 3.60. The fourth-order valence-corrected chi connectivity index (χ4v) is 3.38. The molecule has 24 heavy (non-hydrogen) atoms. The van der Waals surface area contributed by atoms with E-state index in [2.05, 4.69) is 17.2 Å². The normalized spacial score (nSPS) is 16.1. The van der Waals surface area contributed by atoms with Gasteiger partial charge in [0.1, 0.15) is 16.5 Å². The van der Waals surface area contributed by atoms with Crippen LogP contribution in [0.3, 0.4) is 0 Å². The molecule has 1 aromatic carbocycles. The van der Waals surface area contributed by atoms with Gasteiger partial charge < -0.3 is 5.32 Å². The Hall–Kier alpha value is -2.12. The zero-order valence-electron chi connectivity index (χ0n) is 13.1. The zero-order valence-corrected chi connectivity index (χ0v) is 14.7. The van der Waals surface area contributed by atoms with Crippen molar-refractivity contribution in [3.05, 3.63) is 46.9 Å². The smallest absolute Gasteiger partial charge is 0.276 e. The monoisotopic (exact) mass is 361 g/mol. The van der Waals surface area contributed by atoms with Crippen molar-refractivity contribution in [2.24, 2.45) is 0 Å². The molecule has 0 spiro atoms. The SMILES string of the molecule is CCCCN1C(=O)/C(=C\c2csc(-c3ccc(F)cc3)n2)NC1=S. The van der Waals surface area contributed by atoms with Crippen molar-refractivity contribution in [2.45, 2.75) is 19.8 Å². The molecule has 1 saturated heterocycles. The predicted molar refractivity (Wildman–Crippen MR) is 97.8 cm³/mol. The lowest BCUT2D eigenvalue weighted by atomic mass is 10.2. The van der Waals surface area contributed by atoms with E-state index in [-0.39, 0.29) is 11.7 Å². The second-order valence-corrected chi connectivity index (χ2v) is 6.63. The minimum Gasteiger partial charge on any atom is -0.328 e. The Morgan fingerprint density at radius 3 is 2.83 bits per heavy atom. The molecule has 2 heterocycles. The Morgan fingerprint density at radius 1 is 1.38 bits per heavy atom. The van der Waals surface area contributed by atoms with Crippen molar-refractivity contribution in [1.82, 2.24) is 15.2 Å². The molecule has 4 nitrogen and oxygen atoms in total. The molecule has 124 valence electrons. The summed E-state index contributed by atoms with van der Waals surface area (Å²) in [5.41, 5.74) is 1.96. The number of thiazole rings is 1. The molecule has 1 amide bonds. The number of nitrogens with zero attached hydrogens (tertiary/aromatic N) is 2. The predicted octanol–water partition coefficient (Wildman–Crippen LogP) is 3.81. The average molecular weight is 361 g/mol. The summed E-state index contributed by atoms with van der Waals surface area (Å²) in [5.74, 6) is -0.399. The Labute approximate surface area is 149 Å². The maximum atomic E-state index is 13.0. The van der Waals surface area contributed by atoms with Crippen LogP contribution in [-0.4, -0.2) is 27.4 Å². The van der Waals surface area contributed by atoms with Gasteiger partial charge in [-0.3, -0.25) is 9.69 Å². The maximum absolute atomic E-state index is 13.0. The molecule has 0 radical (unpaired) electrons. The molecule has 3 rings (SSSR count). The van der Waals surface area contributed by atoms with Crippen molar-refractivity contribution in [2.75, 3.05) is 6.54 Å². The van der Waals surface area contributed by atoms with E-state index in [9.17, 15) is 9.18 Å². The van der Waals surface area contributed by atoms with Gasteiger partial charge in [-0.05, 0) is 49.0 Å². The van der Waals surface area contributed by atoms with E-state index in [0.717, 1.165) is 23.4 Å². The first-order valence-electron chi connectivity index (χ1n) is 7.64. The summed E-state index contributed by atoms with van der Waals surface area (Å²) in [6.45, 7) is 2.69. The summed E-state index contributed by atoms with van der Waals surface area (Å²) in [6, 6.07) is 6.18. The van der Waals surface area contributed by atoms with Gasteiger partial charge in [0.15, 0.2) is 5.11 Å². The minimum atomic E-state index is -0.279. The van der Waals surface area contributed by atoms with E-state index in [1.165, 1.54) is 23.5 Å². The number of hydrogen-bond donors (Lipinski definition) is 1. The molecule has 2 aromatic rings. The number of halogens is 1. The van der Waals surface area contributed by atoms with E-state index in [4.69, 9.17) is 12.2 Å². The molecule has 0 aliphatic carbocycles. The molecule has 1 aromatic heterocycles. The van der Waals surface area contributed by atoms with Crippen molar-refractivity contribution in [1.29, 1.82) is 0 Å². The van der Waals surface area contributed by atoms with Crippen LogP contribution in [0.4, 0.5) is 4.39 Å². The summed E-state index contributed by atoms with van der Waals surface area (Å²) in [5, 5.41) is 6.03. The van der Waals surface area contributed by atoms with E-state index >= 15 is 0 Å². The number of aromatic nitrogens is 1. The lowest BCUT2D eigenvalue weighted by Gasteiger charge is -2.12. The highest BCUT2D eigenvalue weighted by Crippen LogP contribution is 2.25. The summed E-state index contributed by atoms with van der Waals surface area (Å²) in [7, 11) is 0. The highest BCUT2D eigenvalue weighted by Gasteiger charge is 2.30. The lowest BCUT2D eigenvalue weighted by molar-refractivity contribution is -0.122. The molecule has 0 saturated carbocycles. The highest BCUT2D eigenvalue weighted by molar-refractivity contribution is 7.80. The van der Waals surface area contributed by atoms with Gasteiger partial charge in [0, 0.05) is 17.5 Å². The van der Waals surface area contributed by atoms with Crippen LogP contribution in [-0.2, 0) is 4.79 Å². The van der Waals surface area contributed by atoms with Gasteiger partial charge in [-0.1, -0.05) is 13.3 Å². The average Bonchev–Trinajstić information content (AvgIpc) is 3.13. The number of unbranched alkanes of at least 4 members (excludes halogenated alkanes) is 1. The number of benzene rings is 1. The van der Waals surface area contributed by atoms with Crippen LogP contribution in [0.15, 0.2) is 35.3 Å². The molecule has 0 unspecified atom stereocenters. The van der Waals surface area contributed by atoms with E-state index < -0.39 is 0 Å². The van der Waals surface area contributed by atoms with Crippen molar-refractivity contribution >= 4 is 40.7 Å². The first-order chi connectivity index (χ1) is 11.6. The van der Waals surface area contributed by atoms with Crippen LogP contribution in [0.1, 0.15) is 25.5 Å². The Kier molecular flexibility index (Phi) is 5.01. The quantitative estimate of drug-likeness (QED) is 0.650. The molecule has 1 aliphatic heterocycles. The standard InChI is InChI=1S/C17H16FN3OS2/c1-2-3-8-21-16(22)14(20-17(21)23)9-13-10-24-15(19-13)11-4-6-12(18)7-5-11/h4-7,9-10H,2-3,8H2,1H3,(H,20,23)/b14-9+. The van der Waals surface area contributed by atoms with E-state index in [1.54, 1.807) is 23.1 Å². The van der Waals surface area contributed by atoms with Gasteiger partial charge in [-0.15, -0.1) is 11.3 Å². The fraction of sp³-hybridized carbons (Fsp3) is 0.235. The number of thiocarbonyl (C=S) groups is 1. The van der Waals surface area contributed by atoms with Crippen molar-refractivity contribution < 1.29 is 9.18 Å². The Bertz CT molecular complexity index is 798. The first kappa shape index (κ1) is 16.7. The number of carbonyl (C=O) groups excluding carboxylic acids is 1. The fourth-order valence-electron chi connectivity index (χ4n) is 2.32. The number of carbonyl (C=O) groups is 1. The topological polar surface area (TPSA) is 45.2 Å². The van der Waals surface area contributed by atoms with Crippen LogP contribution in [0.2, 0.25) is 0 Å². The van der Waals surface area contributed by atoms with Gasteiger partial charge in [0.2, 0.25) is 0 Å². The molecule has 1 aliphatic rings. The summed E-state index contributed by atoms with van der Waals surface area (Å²) in [6.07, 6.45) is 3.61.